The normalized spacial score (nSPS) is 17.3. The van der Waals surface area contributed by atoms with E-state index in [4.69, 9.17) is 21.1 Å². The largest absolute Gasteiger partial charge is 0.465 e. The number of halogens is 1. The van der Waals surface area contributed by atoms with E-state index in [1.807, 2.05) is 0 Å². The minimum Gasteiger partial charge on any atom is -0.465 e. The molecule has 2 aromatic rings. The van der Waals surface area contributed by atoms with Gasteiger partial charge in [-0.05, 0) is 38.3 Å². The van der Waals surface area contributed by atoms with Crippen LogP contribution in [0.1, 0.15) is 48.5 Å². The van der Waals surface area contributed by atoms with Gasteiger partial charge in [0.2, 0.25) is 0 Å². The van der Waals surface area contributed by atoms with Crippen LogP contribution in [0.3, 0.4) is 0 Å². The van der Waals surface area contributed by atoms with Gasteiger partial charge >= 0.3 is 12.1 Å². The van der Waals surface area contributed by atoms with Crippen molar-refractivity contribution in [1.29, 1.82) is 0 Å². The molecule has 0 saturated heterocycles. The molecule has 1 heterocycles. The Balaban J connectivity index is 1.73. The molecule has 0 radical (unpaired) electrons. The second-order valence-electron chi connectivity index (χ2n) is 8.64. The fourth-order valence-corrected chi connectivity index (χ4v) is 4.73. The Kier molecular flexibility index (Phi) is 9.03. The van der Waals surface area contributed by atoms with Gasteiger partial charge in [-0.15, -0.1) is 0 Å². The highest BCUT2D eigenvalue weighted by Crippen LogP contribution is 2.42. The number of benzene rings is 1. The van der Waals surface area contributed by atoms with E-state index in [2.05, 4.69) is 0 Å². The van der Waals surface area contributed by atoms with Crippen LogP contribution in [0, 0.1) is 0 Å². The van der Waals surface area contributed by atoms with E-state index in [9.17, 15) is 19.2 Å². The molecule has 1 fully saturated rings. The number of ether oxygens (including phenoxy) is 2. The maximum atomic E-state index is 13.2. The summed E-state index contributed by atoms with van der Waals surface area (Å²) in [7, 11) is 3.05. The number of hydrogen-bond donors (Lipinski definition) is 0. The first kappa shape index (κ1) is 27.1. The van der Waals surface area contributed by atoms with Gasteiger partial charge < -0.3 is 14.4 Å². The summed E-state index contributed by atoms with van der Waals surface area (Å²) in [4.78, 5) is 53.3. The molecule has 1 aromatic carbocycles. The average molecular weight is 517 g/mol. The number of likely N-dealkylation sites (N-methyl/N-ethyl adjacent to an activating group) is 2. The zero-order chi connectivity index (χ0) is 26.3. The summed E-state index contributed by atoms with van der Waals surface area (Å²) in [6.07, 6.45) is 4.81. The molecule has 0 spiro atoms. The first-order valence-electron chi connectivity index (χ1n) is 11.8. The minimum atomic E-state index is -1.20. The molecule has 10 heteroatoms. The van der Waals surface area contributed by atoms with Crippen LogP contribution < -0.4 is 4.57 Å². The molecule has 1 aromatic heterocycles. The number of nitrogens with zero attached hydrogens (tertiary/aromatic N) is 3. The van der Waals surface area contributed by atoms with Crippen molar-refractivity contribution < 1.29 is 33.2 Å². The summed E-state index contributed by atoms with van der Waals surface area (Å²) in [6.45, 7) is 1.56. The van der Waals surface area contributed by atoms with E-state index < -0.39 is 17.6 Å². The SMILES string of the molecule is CCOC(=O)CN(C)C(=O)c1ccc[n+](COC(=O)N(C)[C@]2(c3ccccc3Cl)CCCCC2=O)c1. The lowest BCUT2D eigenvalue weighted by molar-refractivity contribution is -0.727. The molecule has 3 rings (SSSR count). The van der Waals surface area contributed by atoms with Gasteiger partial charge in [-0.2, -0.15) is 4.57 Å². The van der Waals surface area contributed by atoms with Crippen LogP contribution in [0.15, 0.2) is 48.8 Å². The van der Waals surface area contributed by atoms with Crippen molar-refractivity contribution in [3.8, 4) is 0 Å². The summed E-state index contributed by atoms with van der Waals surface area (Å²) in [5.41, 5.74) is -0.309. The van der Waals surface area contributed by atoms with Crippen molar-refractivity contribution in [2.24, 2.45) is 0 Å². The van der Waals surface area contributed by atoms with Crippen LogP contribution in [0.25, 0.3) is 0 Å². The molecule has 1 aliphatic carbocycles. The Hall–Kier alpha value is -3.46. The number of esters is 1. The Morgan fingerprint density at radius 3 is 2.53 bits per heavy atom. The summed E-state index contributed by atoms with van der Waals surface area (Å²) in [5, 5.41) is 0.417. The van der Waals surface area contributed by atoms with Crippen molar-refractivity contribution in [3.05, 3.63) is 64.9 Å². The number of aromatic nitrogens is 1. The second-order valence-corrected chi connectivity index (χ2v) is 9.05. The van der Waals surface area contributed by atoms with Crippen molar-refractivity contribution in [3.63, 3.8) is 0 Å². The zero-order valence-corrected chi connectivity index (χ0v) is 21.5. The van der Waals surface area contributed by atoms with E-state index in [0.29, 0.717) is 29.0 Å². The van der Waals surface area contributed by atoms with Crippen LogP contribution in [0.4, 0.5) is 4.79 Å². The molecular formula is C26H31ClN3O6+. The molecule has 2 amide bonds. The lowest BCUT2D eigenvalue weighted by atomic mass is 9.74. The van der Waals surface area contributed by atoms with E-state index in [1.54, 1.807) is 56.6 Å². The fourth-order valence-electron chi connectivity index (χ4n) is 4.43. The lowest BCUT2D eigenvalue weighted by Crippen LogP contribution is -2.55. The molecule has 0 N–H and O–H groups in total. The standard InChI is InChI=1S/C26H31ClN3O6/c1-4-35-23(32)17-28(2)24(33)19-10-9-15-30(16-19)18-36-25(34)29(3)26(14-8-7-13-22(26)31)20-11-5-6-12-21(20)27/h5-6,9-12,15-16H,4,7-8,13-14,17-18H2,1-3H3/q+1/t26-/m0/s1. The first-order valence-corrected chi connectivity index (χ1v) is 12.2. The van der Waals surface area contributed by atoms with Gasteiger partial charge in [0.05, 0.1) is 6.61 Å². The van der Waals surface area contributed by atoms with E-state index >= 15 is 0 Å². The van der Waals surface area contributed by atoms with Crippen molar-refractivity contribution in [2.75, 3.05) is 27.2 Å². The van der Waals surface area contributed by atoms with Crippen molar-refractivity contribution in [2.45, 2.75) is 44.9 Å². The van der Waals surface area contributed by atoms with Gasteiger partial charge in [-0.1, -0.05) is 29.8 Å². The predicted molar refractivity (Wildman–Crippen MR) is 131 cm³/mol. The molecule has 0 unspecified atom stereocenters. The van der Waals surface area contributed by atoms with E-state index in [0.717, 1.165) is 12.8 Å². The number of rotatable bonds is 8. The monoisotopic (exact) mass is 516 g/mol. The Morgan fingerprint density at radius 1 is 1.08 bits per heavy atom. The molecule has 1 saturated carbocycles. The Morgan fingerprint density at radius 2 is 1.83 bits per heavy atom. The van der Waals surface area contributed by atoms with Crippen LogP contribution in [0.2, 0.25) is 5.02 Å². The number of ketones is 1. The third-order valence-corrected chi connectivity index (χ3v) is 6.61. The third-order valence-electron chi connectivity index (χ3n) is 6.28. The molecule has 1 aliphatic rings. The molecule has 0 bridgehead atoms. The topological polar surface area (TPSA) is 97.1 Å². The number of amides is 2. The first-order chi connectivity index (χ1) is 17.2. The zero-order valence-electron chi connectivity index (χ0n) is 20.7. The van der Waals surface area contributed by atoms with Crippen molar-refractivity contribution >= 4 is 35.4 Å². The van der Waals surface area contributed by atoms with Gasteiger partial charge in [0.25, 0.3) is 12.6 Å². The second kappa shape index (κ2) is 12.0. The number of hydrogen-bond acceptors (Lipinski definition) is 6. The number of carbonyl (C=O) groups is 4. The number of pyridine rings is 1. The van der Waals surface area contributed by atoms with E-state index in [1.165, 1.54) is 27.6 Å². The summed E-state index contributed by atoms with van der Waals surface area (Å²) in [6, 6.07) is 10.3. The van der Waals surface area contributed by atoms with Crippen LogP contribution >= 0.6 is 11.6 Å². The highest BCUT2D eigenvalue weighted by atomic mass is 35.5. The molecule has 1 atom stereocenters. The van der Waals surface area contributed by atoms with Gasteiger partial charge in [0, 0.05) is 37.2 Å². The van der Waals surface area contributed by atoms with Crippen LogP contribution in [0.5, 0.6) is 0 Å². The lowest BCUT2D eigenvalue weighted by Gasteiger charge is -2.43. The van der Waals surface area contributed by atoms with E-state index in [-0.39, 0.29) is 31.6 Å². The van der Waals surface area contributed by atoms with Gasteiger partial charge in [0.1, 0.15) is 17.6 Å². The van der Waals surface area contributed by atoms with Gasteiger partial charge in [-0.3, -0.25) is 19.3 Å². The molecule has 9 nitrogen and oxygen atoms in total. The maximum Gasteiger partial charge on any atom is 0.415 e. The quantitative estimate of drug-likeness (QED) is 0.394. The highest BCUT2D eigenvalue weighted by Gasteiger charge is 2.48. The summed E-state index contributed by atoms with van der Waals surface area (Å²) >= 11 is 6.46. The number of carbonyl (C=O) groups excluding carboxylic acids is 4. The maximum absolute atomic E-state index is 13.2. The van der Waals surface area contributed by atoms with Crippen molar-refractivity contribution in [1.82, 2.24) is 9.80 Å². The summed E-state index contributed by atoms with van der Waals surface area (Å²) in [5.74, 6) is -0.962. The predicted octanol–water partition coefficient (Wildman–Crippen LogP) is 3.33. The Labute approximate surface area is 215 Å². The average Bonchev–Trinajstić information content (AvgIpc) is 2.87. The van der Waals surface area contributed by atoms with Crippen LogP contribution in [-0.4, -0.2) is 60.8 Å². The molecule has 36 heavy (non-hydrogen) atoms. The molecule has 0 aliphatic heterocycles. The fraction of sp³-hybridized carbons (Fsp3) is 0.423. The molecule has 192 valence electrons. The Bertz CT molecular complexity index is 1140. The van der Waals surface area contributed by atoms with Gasteiger partial charge in [-0.25, -0.2) is 4.79 Å². The van der Waals surface area contributed by atoms with Gasteiger partial charge in [0.15, 0.2) is 18.2 Å². The smallest absolute Gasteiger partial charge is 0.415 e. The molecular weight excluding hydrogens is 486 g/mol. The minimum absolute atomic E-state index is 0.0776. The third kappa shape index (κ3) is 5.84. The van der Waals surface area contributed by atoms with Crippen LogP contribution in [-0.2, 0) is 31.3 Å². The summed E-state index contributed by atoms with van der Waals surface area (Å²) < 4.78 is 11.9. The number of Topliss-reactive ketones (excluding diaryl/α,β-unsaturated/α-hetero) is 1. The highest BCUT2D eigenvalue weighted by molar-refractivity contribution is 6.31.